The van der Waals surface area contributed by atoms with Crippen molar-refractivity contribution in [3.05, 3.63) is 76.3 Å². The van der Waals surface area contributed by atoms with Crippen molar-refractivity contribution in [2.75, 3.05) is 13.7 Å². The van der Waals surface area contributed by atoms with Crippen LogP contribution in [0.3, 0.4) is 0 Å². The van der Waals surface area contributed by atoms with Gasteiger partial charge in [-0.3, -0.25) is 0 Å². The Morgan fingerprint density at radius 3 is 2.50 bits per heavy atom. The van der Waals surface area contributed by atoms with Crippen LogP contribution in [0.15, 0.2) is 54.6 Å². The first kappa shape index (κ1) is 17.0. The highest BCUT2D eigenvalue weighted by Crippen LogP contribution is 2.36. The monoisotopic (exact) mass is 365 g/mol. The number of hydrogen-bond acceptors (Lipinski definition) is 4. The summed E-state index contributed by atoms with van der Waals surface area (Å²) in [6, 6.07) is 18.7. The summed E-state index contributed by atoms with van der Waals surface area (Å²) >= 11 is 6.05. The lowest BCUT2D eigenvalue weighted by molar-refractivity contribution is 0.392. The molecule has 2 atom stereocenters. The van der Waals surface area contributed by atoms with E-state index >= 15 is 0 Å². The van der Waals surface area contributed by atoms with Gasteiger partial charge in [-0.25, -0.2) is 0 Å². The highest BCUT2D eigenvalue weighted by molar-refractivity contribution is 6.30. The zero-order valence-electron chi connectivity index (χ0n) is 14.7. The molecule has 2 aromatic carbocycles. The Balaban J connectivity index is 1.73. The van der Waals surface area contributed by atoms with Gasteiger partial charge in [-0.05, 0) is 47.9 Å². The molecule has 4 nitrogen and oxygen atoms in total. The number of nitrogens with zero attached hydrogens (tertiary/aromatic N) is 2. The van der Waals surface area contributed by atoms with Gasteiger partial charge in [0.15, 0.2) is 0 Å². The van der Waals surface area contributed by atoms with Crippen LogP contribution in [0.25, 0.3) is 11.3 Å². The normalized spacial score (nSPS) is 19.0. The third-order valence-corrected chi connectivity index (χ3v) is 5.23. The van der Waals surface area contributed by atoms with Crippen molar-refractivity contribution in [2.45, 2.75) is 18.9 Å². The number of fused-ring (bicyclic) bond motifs is 1. The molecule has 1 aliphatic heterocycles. The Morgan fingerprint density at radius 1 is 1.00 bits per heavy atom. The zero-order valence-corrected chi connectivity index (χ0v) is 15.5. The fraction of sp³-hybridized carbons (Fsp3) is 0.238. The topological polar surface area (TPSA) is 47.0 Å². The van der Waals surface area contributed by atoms with Crippen LogP contribution in [-0.2, 0) is 0 Å². The molecule has 0 fully saturated rings. The number of hydrogen-bond donors (Lipinski definition) is 1. The van der Waals surface area contributed by atoms with Crippen LogP contribution in [0.4, 0.5) is 0 Å². The number of methoxy groups -OCH3 is 1. The second-order valence-electron chi connectivity index (χ2n) is 6.54. The van der Waals surface area contributed by atoms with Gasteiger partial charge in [-0.15, -0.1) is 10.2 Å². The molecule has 0 bridgehead atoms. The fourth-order valence-corrected chi connectivity index (χ4v) is 3.64. The maximum atomic E-state index is 6.05. The number of benzene rings is 2. The molecule has 2 unspecified atom stereocenters. The van der Waals surface area contributed by atoms with Crippen LogP contribution in [-0.4, -0.2) is 23.9 Å². The van der Waals surface area contributed by atoms with Crippen LogP contribution in [0.2, 0.25) is 5.02 Å². The van der Waals surface area contributed by atoms with Gasteiger partial charge in [0, 0.05) is 35.2 Å². The highest BCUT2D eigenvalue weighted by atomic mass is 35.5. The average molecular weight is 366 g/mol. The van der Waals surface area contributed by atoms with Crippen LogP contribution < -0.4 is 10.1 Å². The quantitative estimate of drug-likeness (QED) is 0.736. The molecule has 2 heterocycles. The molecule has 26 heavy (non-hydrogen) atoms. The Hall–Kier alpha value is -2.43. The Labute approximate surface area is 158 Å². The molecule has 0 radical (unpaired) electrons. The SMILES string of the molecule is COc1ccc(-c2ccc3c(c2)C(C)NCC3c2ccc(Cl)cc2)nn1. The first-order valence-electron chi connectivity index (χ1n) is 8.66. The first-order valence-corrected chi connectivity index (χ1v) is 9.04. The summed E-state index contributed by atoms with van der Waals surface area (Å²) in [5.74, 6) is 0.832. The second kappa shape index (κ2) is 7.06. The number of ether oxygens (including phenoxy) is 1. The third kappa shape index (κ3) is 3.18. The number of rotatable bonds is 3. The maximum Gasteiger partial charge on any atom is 0.233 e. The molecular weight excluding hydrogens is 346 g/mol. The van der Waals surface area contributed by atoms with Crippen LogP contribution in [0.5, 0.6) is 5.88 Å². The summed E-state index contributed by atoms with van der Waals surface area (Å²) in [5.41, 5.74) is 5.82. The van der Waals surface area contributed by atoms with E-state index in [0.29, 0.717) is 17.8 Å². The molecule has 3 aromatic rings. The maximum absolute atomic E-state index is 6.05. The molecule has 0 saturated carbocycles. The lowest BCUT2D eigenvalue weighted by atomic mass is 9.82. The lowest BCUT2D eigenvalue weighted by Gasteiger charge is -2.31. The minimum Gasteiger partial charge on any atom is -0.480 e. The largest absolute Gasteiger partial charge is 0.480 e. The molecule has 0 spiro atoms. The van der Waals surface area contributed by atoms with Crippen molar-refractivity contribution in [1.29, 1.82) is 0 Å². The molecule has 1 aromatic heterocycles. The summed E-state index contributed by atoms with van der Waals surface area (Å²) in [6.07, 6.45) is 0. The Bertz CT molecular complexity index is 910. The molecule has 0 aliphatic carbocycles. The van der Waals surface area contributed by atoms with E-state index in [-0.39, 0.29) is 0 Å². The molecule has 0 amide bonds. The third-order valence-electron chi connectivity index (χ3n) is 4.97. The molecule has 1 N–H and O–H groups in total. The van der Waals surface area contributed by atoms with E-state index in [4.69, 9.17) is 16.3 Å². The van der Waals surface area contributed by atoms with E-state index in [2.05, 4.69) is 52.8 Å². The van der Waals surface area contributed by atoms with Crippen LogP contribution in [0.1, 0.15) is 35.6 Å². The fourth-order valence-electron chi connectivity index (χ4n) is 3.52. The standard InChI is InChI=1S/C21H20ClN3O/c1-13-18-11-15(20-9-10-21(26-2)25-24-20)5-8-17(18)19(12-23-13)14-3-6-16(22)7-4-14/h3-11,13,19,23H,12H2,1-2H3. The van der Waals surface area contributed by atoms with E-state index in [1.165, 1.54) is 16.7 Å². The van der Waals surface area contributed by atoms with Crippen molar-refractivity contribution in [3.63, 3.8) is 0 Å². The number of halogens is 1. The minimum atomic E-state index is 0.291. The van der Waals surface area contributed by atoms with E-state index in [9.17, 15) is 0 Å². The second-order valence-corrected chi connectivity index (χ2v) is 6.98. The summed E-state index contributed by atoms with van der Waals surface area (Å²) in [7, 11) is 1.59. The highest BCUT2D eigenvalue weighted by Gasteiger charge is 2.26. The Kier molecular flexibility index (Phi) is 4.62. The lowest BCUT2D eigenvalue weighted by Crippen LogP contribution is -2.32. The molecule has 4 rings (SSSR count). The number of nitrogens with one attached hydrogen (secondary N) is 1. The first-order chi connectivity index (χ1) is 12.7. The molecule has 0 saturated heterocycles. The van der Waals surface area contributed by atoms with E-state index in [1.807, 2.05) is 24.3 Å². The molecule has 5 heteroatoms. The predicted molar refractivity (Wildman–Crippen MR) is 104 cm³/mol. The number of aromatic nitrogens is 2. The van der Waals surface area contributed by atoms with Gasteiger partial charge in [0.1, 0.15) is 0 Å². The van der Waals surface area contributed by atoms with Gasteiger partial charge in [0.2, 0.25) is 5.88 Å². The average Bonchev–Trinajstić information content (AvgIpc) is 2.69. The van der Waals surface area contributed by atoms with Gasteiger partial charge < -0.3 is 10.1 Å². The molecule has 1 aliphatic rings. The van der Waals surface area contributed by atoms with Gasteiger partial charge in [0.05, 0.1) is 12.8 Å². The summed E-state index contributed by atoms with van der Waals surface area (Å²) < 4.78 is 5.09. The van der Waals surface area contributed by atoms with Gasteiger partial charge in [0.25, 0.3) is 0 Å². The summed E-state index contributed by atoms with van der Waals surface area (Å²) in [4.78, 5) is 0. The van der Waals surface area contributed by atoms with Crippen LogP contribution >= 0.6 is 11.6 Å². The predicted octanol–water partition coefficient (Wildman–Crippen LogP) is 4.60. The Morgan fingerprint density at radius 2 is 1.81 bits per heavy atom. The van der Waals surface area contributed by atoms with Crippen molar-refractivity contribution in [1.82, 2.24) is 15.5 Å². The summed E-state index contributed by atoms with van der Waals surface area (Å²) in [5, 5.41) is 12.7. The van der Waals surface area contributed by atoms with Crippen molar-refractivity contribution >= 4 is 11.6 Å². The van der Waals surface area contributed by atoms with Crippen molar-refractivity contribution in [2.24, 2.45) is 0 Å². The molecule has 132 valence electrons. The van der Waals surface area contributed by atoms with Crippen molar-refractivity contribution < 1.29 is 4.74 Å². The van der Waals surface area contributed by atoms with Gasteiger partial charge in [-0.2, -0.15) is 0 Å². The zero-order chi connectivity index (χ0) is 18.1. The minimum absolute atomic E-state index is 0.291. The van der Waals surface area contributed by atoms with Gasteiger partial charge >= 0.3 is 0 Å². The smallest absolute Gasteiger partial charge is 0.233 e. The van der Waals surface area contributed by atoms with Crippen LogP contribution in [0, 0.1) is 0 Å². The molecular formula is C21H20ClN3O. The van der Waals surface area contributed by atoms with E-state index in [1.54, 1.807) is 7.11 Å². The van der Waals surface area contributed by atoms with E-state index < -0.39 is 0 Å². The summed E-state index contributed by atoms with van der Waals surface area (Å²) in [6.45, 7) is 3.11. The van der Waals surface area contributed by atoms with E-state index in [0.717, 1.165) is 22.8 Å². The van der Waals surface area contributed by atoms with Gasteiger partial charge in [-0.1, -0.05) is 35.9 Å². The van der Waals surface area contributed by atoms with Crippen molar-refractivity contribution in [3.8, 4) is 17.1 Å².